The quantitative estimate of drug-likeness (QED) is 0.521. The van der Waals surface area contributed by atoms with Crippen LogP contribution in [0.1, 0.15) is 75.2 Å². The number of rotatable bonds is 7. The second-order valence-electron chi connectivity index (χ2n) is 10.1. The predicted octanol–water partition coefficient (Wildman–Crippen LogP) is 4.79. The highest BCUT2D eigenvalue weighted by Gasteiger charge is 2.41. The average molecular weight is 512 g/mol. The molecule has 0 radical (unpaired) electrons. The number of benzene rings is 1. The van der Waals surface area contributed by atoms with Crippen molar-refractivity contribution in [1.82, 2.24) is 10.3 Å². The van der Waals surface area contributed by atoms with Crippen LogP contribution >= 0.6 is 0 Å². The lowest BCUT2D eigenvalue weighted by molar-refractivity contribution is -0.123. The minimum absolute atomic E-state index is 0.0437. The fourth-order valence-electron chi connectivity index (χ4n) is 5.23. The van der Waals surface area contributed by atoms with Gasteiger partial charge in [0.05, 0.1) is 24.3 Å². The van der Waals surface area contributed by atoms with Gasteiger partial charge >= 0.3 is 0 Å². The van der Waals surface area contributed by atoms with Crippen LogP contribution in [0.2, 0.25) is 0 Å². The molecule has 1 aromatic heterocycles. The molecule has 3 atom stereocenters. The second kappa shape index (κ2) is 12.8. The number of primary amides is 1. The smallest absolute Gasteiger partial charge is 0.255 e. The highest BCUT2D eigenvalue weighted by Crippen LogP contribution is 2.33. The highest BCUT2D eigenvalue weighted by molar-refractivity contribution is 6.03. The summed E-state index contributed by atoms with van der Waals surface area (Å²) < 4.78 is 25.0. The van der Waals surface area contributed by atoms with E-state index >= 15 is 0 Å². The van der Waals surface area contributed by atoms with Crippen LogP contribution in [-0.2, 0) is 4.79 Å². The summed E-state index contributed by atoms with van der Waals surface area (Å²) in [5, 5.41) is 3.68. The van der Waals surface area contributed by atoms with Gasteiger partial charge in [-0.2, -0.15) is 0 Å². The summed E-state index contributed by atoms with van der Waals surface area (Å²) in [6, 6.07) is 2.63. The fraction of sp³-hybridized carbons (Fsp3) is 0.552. The standard InChI is InChI=1S/C20H20FN3O4.C9H18/c1-4-10-8-23-20(28-9-15-11(5-2)17(21)19(26)24-15)13-7-16(27-3)14(18(22)25)6-12(10)13;1-8(2)9-6-4-3-5-7-9/h1,6-8,11,15,17H,5,9H2,2-3H3,(H2,22,25)(H,24,26);8-9H,3-7H2,1-2H3. The van der Waals surface area contributed by atoms with Crippen LogP contribution in [0.3, 0.4) is 0 Å². The summed E-state index contributed by atoms with van der Waals surface area (Å²) in [7, 11) is 1.41. The van der Waals surface area contributed by atoms with Crippen molar-refractivity contribution in [1.29, 1.82) is 0 Å². The lowest BCUT2D eigenvalue weighted by atomic mass is 9.82. The SMILES string of the molecule is C#Cc1cnc(OCC2NC(=O)C(F)C2CC)c2cc(OC)c(C(N)=O)cc12.CC(C)C1CCCCC1. The Labute approximate surface area is 218 Å². The molecule has 2 heterocycles. The molecule has 200 valence electrons. The molecule has 2 aromatic rings. The van der Waals surface area contributed by atoms with E-state index < -0.39 is 29.9 Å². The van der Waals surface area contributed by atoms with Crippen LogP contribution in [0.15, 0.2) is 18.3 Å². The van der Waals surface area contributed by atoms with Crippen molar-refractivity contribution in [3.8, 4) is 24.0 Å². The highest BCUT2D eigenvalue weighted by atomic mass is 19.1. The van der Waals surface area contributed by atoms with Gasteiger partial charge in [0.1, 0.15) is 12.4 Å². The van der Waals surface area contributed by atoms with Gasteiger partial charge in [-0.05, 0) is 30.4 Å². The van der Waals surface area contributed by atoms with E-state index in [0.29, 0.717) is 22.8 Å². The van der Waals surface area contributed by atoms with Crippen molar-refractivity contribution in [2.75, 3.05) is 13.7 Å². The van der Waals surface area contributed by atoms with Gasteiger partial charge in [-0.3, -0.25) is 9.59 Å². The Morgan fingerprint density at radius 3 is 2.51 bits per heavy atom. The molecule has 3 N–H and O–H groups in total. The van der Waals surface area contributed by atoms with Crippen LogP contribution in [0, 0.1) is 30.1 Å². The number of fused-ring (bicyclic) bond motifs is 1. The first-order valence-corrected chi connectivity index (χ1v) is 13.1. The average Bonchev–Trinajstić information content (AvgIpc) is 3.19. The maximum absolute atomic E-state index is 14.0. The Hall–Kier alpha value is -3.34. The number of terminal acetylenes is 1. The number of nitrogens with one attached hydrogen (secondary N) is 1. The largest absolute Gasteiger partial charge is 0.496 e. The number of carbonyl (C=O) groups is 2. The fourth-order valence-corrected chi connectivity index (χ4v) is 5.23. The molecule has 2 aliphatic rings. The summed E-state index contributed by atoms with van der Waals surface area (Å²) in [6.07, 6.45) is 13.4. The van der Waals surface area contributed by atoms with Crippen molar-refractivity contribution >= 4 is 22.6 Å². The van der Waals surface area contributed by atoms with E-state index in [4.69, 9.17) is 21.6 Å². The molecule has 3 unspecified atom stereocenters. The Morgan fingerprint density at radius 2 is 1.97 bits per heavy atom. The maximum atomic E-state index is 14.0. The minimum atomic E-state index is -1.55. The molecule has 2 amide bonds. The van der Waals surface area contributed by atoms with Crippen LogP contribution < -0.4 is 20.5 Å². The molecule has 37 heavy (non-hydrogen) atoms. The summed E-state index contributed by atoms with van der Waals surface area (Å²) >= 11 is 0. The van der Waals surface area contributed by atoms with Gasteiger partial charge < -0.3 is 20.5 Å². The molecule has 1 saturated heterocycles. The number of methoxy groups -OCH3 is 1. The third kappa shape index (κ3) is 6.51. The van der Waals surface area contributed by atoms with Gasteiger partial charge in [-0.25, -0.2) is 9.37 Å². The zero-order chi connectivity index (χ0) is 27.1. The van der Waals surface area contributed by atoms with E-state index in [2.05, 4.69) is 30.1 Å². The monoisotopic (exact) mass is 511 g/mol. The normalized spacial score (nSPS) is 21.6. The van der Waals surface area contributed by atoms with E-state index in [-0.39, 0.29) is 23.8 Å². The van der Waals surface area contributed by atoms with Gasteiger partial charge in [0.2, 0.25) is 5.88 Å². The number of hydrogen-bond donors (Lipinski definition) is 2. The van der Waals surface area contributed by atoms with Crippen molar-refractivity contribution in [2.24, 2.45) is 23.5 Å². The molecule has 1 aliphatic heterocycles. The number of ether oxygens (including phenoxy) is 2. The third-order valence-electron chi connectivity index (χ3n) is 7.53. The molecule has 4 rings (SSSR count). The molecular weight excluding hydrogens is 473 g/mol. The molecule has 8 heteroatoms. The van der Waals surface area contributed by atoms with Crippen LogP contribution in [0.25, 0.3) is 10.8 Å². The number of nitrogens with two attached hydrogens (primary N) is 1. The predicted molar refractivity (Wildman–Crippen MR) is 142 cm³/mol. The Morgan fingerprint density at radius 1 is 1.27 bits per heavy atom. The zero-order valence-electron chi connectivity index (χ0n) is 22.2. The third-order valence-corrected chi connectivity index (χ3v) is 7.53. The van der Waals surface area contributed by atoms with E-state index in [9.17, 15) is 14.0 Å². The Balaban J connectivity index is 0.000000356. The number of carbonyl (C=O) groups excluding carboxylic acids is 2. The van der Waals surface area contributed by atoms with E-state index in [1.807, 2.05) is 6.92 Å². The van der Waals surface area contributed by atoms with E-state index in [0.717, 1.165) is 11.8 Å². The molecule has 2 fully saturated rings. The van der Waals surface area contributed by atoms with Gasteiger partial charge in [0, 0.05) is 22.9 Å². The first-order chi connectivity index (χ1) is 17.7. The zero-order valence-corrected chi connectivity index (χ0v) is 22.2. The first-order valence-electron chi connectivity index (χ1n) is 13.1. The number of pyridine rings is 1. The summed E-state index contributed by atoms with van der Waals surface area (Å²) in [5.74, 6) is 3.22. The van der Waals surface area contributed by atoms with Crippen LogP contribution in [-0.4, -0.2) is 42.7 Å². The van der Waals surface area contributed by atoms with Crippen molar-refractivity contribution in [3.05, 3.63) is 29.5 Å². The molecular formula is C29H38FN3O4. The van der Waals surface area contributed by atoms with Gasteiger partial charge in [-0.15, -0.1) is 6.42 Å². The Bertz CT molecular complexity index is 1150. The molecule has 1 saturated carbocycles. The number of alkyl halides is 1. The summed E-state index contributed by atoms with van der Waals surface area (Å²) in [5.41, 5.74) is 6.05. The van der Waals surface area contributed by atoms with Gasteiger partial charge in [0.25, 0.3) is 11.8 Å². The number of amides is 2. The van der Waals surface area contributed by atoms with Gasteiger partial charge in [0.15, 0.2) is 6.17 Å². The van der Waals surface area contributed by atoms with Crippen LogP contribution in [0.5, 0.6) is 11.6 Å². The van der Waals surface area contributed by atoms with Crippen molar-refractivity contribution in [3.63, 3.8) is 0 Å². The molecule has 7 nitrogen and oxygen atoms in total. The van der Waals surface area contributed by atoms with Crippen LogP contribution in [0.4, 0.5) is 4.39 Å². The molecule has 1 aromatic carbocycles. The van der Waals surface area contributed by atoms with E-state index in [1.165, 1.54) is 51.5 Å². The Kier molecular flexibility index (Phi) is 9.73. The molecule has 0 bridgehead atoms. The minimum Gasteiger partial charge on any atom is -0.496 e. The topological polar surface area (TPSA) is 104 Å². The molecule has 1 aliphatic carbocycles. The van der Waals surface area contributed by atoms with Gasteiger partial charge in [-0.1, -0.05) is 58.8 Å². The number of nitrogens with zero attached hydrogens (tertiary/aromatic N) is 1. The van der Waals surface area contributed by atoms with E-state index in [1.54, 1.807) is 6.07 Å². The number of aromatic nitrogens is 1. The number of hydrogen-bond acceptors (Lipinski definition) is 5. The molecule has 0 spiro atoms. The summed E-state index contributed by atoms with van der Waals surface area (Å²) in [6.45, 7) is 6.57. The van der Waals surface area contributed by atoms with Crippen molar-refractivity contribution < 1.29 is 23.5 Å². The second-order valence-corrected chi connectivity index (χ2v) is 10.1. The van der Waals surface area contributed by atoms with Crippen molar-refractivity contribution in [2.45, 2.75) is 71.5 Å². The maximum Gasteiger partial charge on any atom is 0.255 e. The lowest BCUT2D eigenvalue weighted by Crippen LogP contribution is -2.34. The first kappa shape index (κ1) is 28.2. The summed E-state index contributed by atoms with van der Waals surface area (Å²) in [4.78, 5) is 27.5. The number of halogens is 1. The lowest BCUT2D eigenvalue weighted by Gasteiger charge is -2.24.